The predicted molar refractivity (Wildman–Crippen MR) is 143 cm³/mol. The molecule has 0 bridgehead atoms. The topological polar surface area (TPSA) is 122 Å². The van der Waals surface area contributed by atoms with Crippen LogP contribution in [0.25, 0.3) is 0 Å². The molecule has 0 aromatic heterocycles. The van der Waals surface area contributed by atoms with Gasteiger partial charge in [0.15, 0.2) is 0 Å². The van der Waals surface area contributed by atoms with E-state index in [1.165, 1.54) is 36.4 Å². The largest absolute Gasteiger partial charge is 0.461 e. The number of aryl methyl sites for hydroxylation is 1. The van der Waals surface area contributed by atoms with Gasteiger partial charge in [0.1, 0.15) is 22.9 Å². The first-order valence-electron chi connectivity index (χ1n) is 12.1. The van der Waals surface area contributed by atoms with Gasteiger partial charge < -0.3 is 19.4 Å². The standard InChI is InChI=1S/C29H33NO7S/c1-20-10-16-24(17-11-20)38(33,34)37-23-14-12-22(13-15-23)26(28(32)36-29(2,3)4)25(18-30)27(31)35-19-21-8-6-5-7-9-21/h5-17,25-26H,18-19,30H2,1-4H3. The molecule has 0 radical (unpaired) electrons. The van der Waals surface area contributed by atoms with Crippen LogP contribution in [0.1, 0.15) is 43.4 Å². The molecule has 2 unspecified atom stereocenters. The van der Waals surface area contributed by atoms with Crippen molar-refractivity contribution in [1.82, 2.24) is 0 Å². The highest BCUT2D eigenvalue weighted by Crippen LogP contribution is 2.31. The molecule has 0 fully saturated rings. The van der Waals surface area contributed by atoms with Gasteiger partial charge in [0.25, 0.3) is 0 Å². The first kappa shape index (κ1) is 28.9. The number of hydrogen-bond acceptors (Lipinski definition) is 8. The maximum absolute atomic E-state index is 13.3. The van der Waals surface area contributed by atoms with Gasteiger partial charge >= 0.3 is 22.1 Å². The van der Waals surface area contributed by atoms with Crippen LogP contribution in [0.3, 0.4) is 0 Å². The van der Waals surface area contributed by atoms with Crippen molar-refractivity contribution < 1.29 is 31.7 Å². The second-order valence-corrected chi connectivity index (χ2v) is 11.4. The van der Waals surface area contributed by atoms with E-state index in [1.54, 1.807) is 32.9 Å². The lowest BCUT2D eigenvalue weighted by atomic mass is 9.85. The highest BCUT2D eigenvalue weighted by Gasteiger charge is 2.38. The molecule has 2 atom stereocenters. The van der Waals surface area contributed by atoms with Gasteiger partial charge in [-0.15, -0.1) is 0 Å². The van der Waals surface area contributed by atoms with E-state index in [-0.39, 0.29) is 23.8 Å². The van der Waals surface area contributed by atoms with Gasteiger partial charge in [-0.1, -0.05) is 60.2 Å². The molecule has 0 spiro atoms. The number of hydrogen-bond donors (Lipinski definition) is 1. The summed E-state index contributed by atoms with van der Waals surface area (Å²) in [4.78, 5) is 26.3. The summed E-state index contributed by atoms with van der Waals surface area (Å²) in [6.45, 7) is 6.88. The van der Waals surface area contributed by atoms with Crippen LogP contribution in [-0.4, -0.2) is 32.5 Å². The van der Waals surface area contributed by atoms with E-state index in [0.717, 1.165) is 11.1 Å². The third-order valence-corrected chi connectivity index (χ3v) is 6.86. The molecule has 0 aliphatic heterocycles. The second-order valence-electron chi connectivity index (χ2n) is 9.87. The fourth-order valence-electron chi connectivity index (χ4n) is 3.71. The summed E-state index contributed by atoms with van der Waals surface area (Å²) in [6, 6.07) is 21.3. The smallest absolute Gasteiger partial charge is 0.339 e. The number of benzene rings is 3. The molecule has 202 valence electrons. The van der Waals surface area contributed by atoms with Crippen molar-refractivity contribution in [3.8, 4) is 5.75 Å². The van der Waals surface area contributed by atoms with Gasteiger partial charge in [0, 0.05) is 6.54 Å². The summed E-state index contributed by atoms with van der Waals surface area (Å²) in [5, 5.41) is 0. The summed E-state index contributed by atoms with van der Waals surface area (Å²) in [5.41, 5.74) is 7.26. The van der Waals surface area contributed by atoms with Gasteiger partial charge in [-0.25, -0.2) is 0 Å². The van der Waals surface area contributed by atoms with E-state index in [1.807, 2.05) is 37.3 Å². The lowest BCUT2D eigenvalue weighted by Crippen LogP contribution is -2.38. The molecule has 3 aromatic carbocycles. The summed E-state index contributed by atoms with van der Waals surface area (Å²) in [5.74, 6) is -3.35. The third kappa shape index (κ3) is 7.90. The van der Waals surface area contributed by atoms with E-state index in [2.05, 4.69) is 0 Å². The molecular weight excluding hydrogens is 506 g/mol. The van der Waals surface area contributed by atoms with Crippen molar-refractivity contribution in [2.24, 2.45) is 11.7 Å². The van der Waals surface area contributed by atoms with Gasteiger partial charge in [0.05, 0.1) is 11.8 Å². The molecular formula is C29H33NO7S. The molecule has 3 aromatic rings. The average molecular weight is 540 g/mol. The normalized spacial score (nSPS) is 13.3. The van der Waals surface area contributed by atoms with Crippen molar-refractivity contribution in [2.45, 2.75) is 50.7 Å². The number of nitrogens with two attached hydrogens (primary N) is 1. The van der Waals surface area contributed by atoms with Crippen LogP contribution in [0.4, 0.5) is 0 Å². The van der Waals surface area contributed by atoms with Crippen molar-refractivity contribution in [1.29, 1.82) is 0 Å². The third-order valence-electron chi connectivity index (χ3n) is 5.60. The van der Waals surface area contributed by atoms with Crippen molar-refractivity contribution in [3.05, 3.63) is 95.6 Å². The Balaban J connectivity index is 1.85. The zero-order valence-corrected chi connectivity index (χ0v) is 22.7. The fourth-order valence-corrected chi connectivity index (χ4v) is 4.64. The minimum Gasteiger partial charge on any atom is -0.461 e. The first-order chi connectivity index (χ1) is 17.9. The highest BCUT2D eigenvalue weighted by atomic mass is 32.2. The van der Waals surface area contributed by atoms with E-state index in [4.69, 9.17) is 19.4 Å². The molecule has 0 amide bonds. The van der Waals surface area contributed by atoms with Crippen LogP contribution in [0, 0.1) is 12.8 Å². The Kier molecular flexibility index (Phi) is 9.30. The Morgan fingerprint density at radius 3 is 2.03 bits per heavy atom. The lowest BCUT2D eigenvalue weighted by Gasteiger charge is -2.28. The maximum atomic E-state index is 13.3. The Bertz CT molecular complexity index is 1330. The van der Waals surface area contributed by atoms with Crippen LogP contribution in [0.5, 0.6) is 5.75 Å². The predicted octanol–water partition coefficient (Wildman–Crippen LogP) is 4.51. The van der Waals surface area contributed by atoms with Crippen LogP contribution < -0.4 is 9.92 Å². The van der Waals surface area contributed by atoms with Crippen LogP contribution in [0.15, 0.2) is 83.8 Å². The van der Waals surface area contributed by atoms with E-state index in [9.17, 15) is 18.0 Å². The van der Waals surface area contributed by atoms with Gasteiger partial charge in [0.2, 0.25) is 0 Å². The summed E-state index contributed by atoms with van der Waals surface area (Å²) >= 11 is 0. The van der Waals surface area contributed by atoms with Crippen LogP contribution >= 0.6 is 0 Å². The quantitative estimate of drug-likeness (QED) is 0.295. The van der Waals surface area contributed by atoms with Crippen molar-refractivity contribution >= 4 is 22.1 Å². The Labute approximate surface area is 223 Å². The maximum Gasteiger partial charge on any atom is 0.339 e. The van der Waals surface area contributed by atoms with Gasteiger partial charge in [-0.3, -0.25) is 9.59 Å². The van der Waals surface area contributed by atoms with Crippen molar-refractivity contribution in [2.75, 3.05) is 6.54 Å². The molecule has 38 heavy (non-hydrogen) atoms. The van der Waals surface area contributed by atoms with E-state index < -0.39 is 39.5 Å². The fraction of sp³-hybridized carbons (Fsp3) is 0.310. The molecule has 8 nitrogen and oxygen atoms in total. The van der Waals surface area contributed by atoms with Crippen LogP contribution in [0.2, 0.25) is 0 Å². The molecule has 0 aliphatic carbocycles. The number of esters is 2. The molecule has 2 N–H and O–H groups in total. The first-order valence-corrected chi connectivity index (χ1v) is 13.5. The Hall–Kier alpha value is -3.69. The summed E-state index contributed by atoms with van der Waals surface area (Å²) in [6.07, 6.45) is 0. The number of rotatable bonds is 10. The minimum absolute atomic E-state index is 0.0168. The van der Waals surface area contributed by atoms with E-state index >= 15 is 0 Å². The summed E-state index contributed by atoms with van der Waals surface area (Å²) in [7, 11) is -4.06. The molecule has 0 saturated carbocycles. The molecule has 3 rings (SSSR count). The summed E-state index contributed by atoms with van der Waals surface area (Å²) < 4.78 is 41.7. The van der Waals surface area contributed by atoms with E-state index in [0.29, 0.717) is 5.56 Å². The van der Waals surface area contributed by atoms with Gasteiger partial charge in [-0.05, 0) is 63.1 Å². The van der Waals surface area contributed by atoms with Crippen molar-refractivity contribution in [3.63, 3.8) is 0 Å². The molecule has 0 saturated heterocycles. The van der Waals surface area contributed by atoms with Crippen LogP contribution in [-0.2, 0) is 35.8 Å². The Morgan fingerprint density at radius 2 is 1.47 bits per heavy atom. The molecule has 0 heterocycles. The molecule has 9 heteroatoms. The molecule has 0 aliphatic rings. The Morgan fingerprint density at radius 1 is 0.868 bits per heavy atom. The second kappa shape index (κ2) is 12.2. The zero-order valence-electron chi connectivity index (χ0n) is 21.9. The zero-order chi connectivity index (χ0) is 27.9. The average Bonchev–Trinajstić information content (AvgIpc) is 2.86. The number of carbonyl (C=O) groups is 2. The SMILES string of the molecule is Cc1ccc(S(=O)(=O)Oc2ccc(C(C(=O)OC(C)(C)C)C(CN)C(=O)OCc3ccccc3)cc2)cc1. The monoisotopic (exact) mass is 539 g/mol. The number of ether oxygens (including phenoxy) is 2. The lowest BCUT2D eigenvalue weighted by molar-refractivity contribution is -0.164. The highest BCUT2D eigenvalue weighted by molar-refractivity contribution is 7.87. The van der Waals surface area contributed by atoms with Gasteiger partial charge in [-0.2, -0.15) is 8.42 Å². The number of carbonyl (C=O) groups excluding carboxylic acids is 2. The minimum atomic E-state index is -4.06.